The Hall–Kier alpha value is -2.70. The second-order valence-electron chi connectivity index (χ2n) is 5.36. The van der Waals surface area contributed by atoms with Crippen molar-refractivity contribution in [3.8, 4) is 16.9 Å². The molecule has 0 spiro atoms. The lowest BCUT2D eigenvalue weighted by molar-refractivity contribution is 0.0496. The van der Waals surface area contributed by atoms with E-state index >= 15 is 0 Å². The third kappa shape index (κ3) is 3.56. The van der Waals surface area contributed by atoms with Crippen LogP contribution < -0.4 is 10.1 Å². The van der Waals surface area contributed by atoms with E-state index in [0.29, 0.717) is 16.9 Å². The second kappa shape index (κ2) is 6.20. The van der Waals surface area contributed by atoms with Gasteiger partial charge in [0.1, 0.15) is 18.0 Å². The first kappa shape index (κ1) is 15.2. The van der Waals surface area contributed by atoms with Crippen molar-refractivity contribution in [2.45, 2.75) is 18.4 Å². The van der Waals surface area contributed by atoms with E-state index in [-0.39, 0.29) is 6.61 Å². The number of aromatic nitrogens is 2. The summed E-state index contributed by atoms with van der Waals surface area (Å²) in [7, 11) is 1.50. The average Bonchev–Trinajstić information content (AvgIpc) is 3.34. The van der Waals surface area contributed by atoms with Crippen molar-refractivity contribution in [3.63, 3.8) is 0 Å². The van der Waals surface area contributed by atoms with Crippen LogP contribution in [0.3, 0.4) is 0 Å². The number of halogens is 1. The molecule has 2 heterocycles. The number of alkyl carbamates (subject to hydrolysis) is 1. The minimum atomic E-state index is -0.592. The van der Waals surface area contributed by atoms with Crippen LogP contribution in [0, 0.1) is 5.95 Å². The molecule has 7 heteroatoms. The van der Waals surface area contributed by atoms with E-state index in [1.54, 1.807) is 30.6 Å². The molecule has 1 saturated carbocycles. The predicted octanol–water partition coefficient (Wildman–Crippen LogP) is 2.55. The summed E-state index contributed by atoms with van der Waals surface area (Å²) in [5, 5.41) is 2.41. The maximum Gasteiger partial charge on any atom is 0.407 e. The first-order chi connectivity index (χ1) is 11.1. The average molecular weight is 317 g/mol. The van der Waals surface area contributed by atoms with Crippen LogP contribution in [0.15, 0.2) is 36.8 Å². The van der Waals surface area contributed by atoms with Gasteiger partial charge in [0.15, 0.2) is 0 Å². The van der Waals surface area contributed by atoms with E-state index in [2.05, 4.69) is 15.3 Å². The smallest absolute Gasteiger partial charge is 0.407 e. The molecule has 0 bridgehead atoms. The molecule has 2 aromatic heterocycles. The molecular formula is C16H16FN3O3. The Balaban J connectivity index is 1.71. The van der Waals surface area contributed by atoms with Gasteiger partial charge >= 0.3 is 6.09 Å². The Kier molecular flexibility index (Phi) is 4.10. The summed E-state index contributed by atoms with van der Waals surface area (Å²) in [6, 6.07) is 4.97. The molecule has 0 aliphatic heterocycles. The highest BCUT2D eigenvalue weighted by atomic mass is 19.1. The quantitative estimate of drug-likeness (QED) is 0.858. The van der Waals surface area contributed by atoms with E-state index in [1.807, 2.05) is 0 Å². The maximum atomic E-state index is 13.9. The molecule has 6 nitrogen and oxygen atoms in total. The molecule has 0 atom stereocenters. The number of carbonyl (C=O) groups is 1. The van der Waals surface area contributed by atoms with Gasteiger partial charge in [-0.1, -0.05) is 0 Å². The number of hydrogen-bond donors (Lipinski definition) is 1. The number of ether oxygens (including phenoxy) is 2. The minimum absolute atomic E-state index is 0.212. The Bertz CT molecular complexity index is 705. The first-order valence-corrected chi connectivity index (χ1v) is 7.21. The monoisotopic (exact) mass is 317 g/mol. The highest BCUT2D eigenvalue weighted by molar-refractivity contribution is 5.67. The summed E-state index contributed by atoms with van der Waals surface area (Å²) >= 11 is 0. The largest absolute Gasteiger partial charge is 0.488 e. The van der Waals surface area contributed by atoms with E-state index < -0.39 is 17.6 Å². The van der Waals surface area contributed by atoms with Crippen LogP contribution in [0.1, 0.15) is 12.8 Å². The lowest BCUT2D eigenvalue weighted by Gasteiger charge is -2.17. The summed E-state index contributed by atoms with van der Waals surface area (Å²) in [6.45, 7) is 0.212. The molecule has 120 valence electrons. The van der Waals surface area contributed by atoms with E-state index in [1.165, 1.54) is 13.2 Å². The standard InChI is InChI=1S/C16H16FN3O3/c1-18-15(21)23-16(4-5-16)10-22-12-8-13(14(17)20-9-12)11-2-6-19-7-3-11/h2-3,6-9H,4-5,10H2,1H3,(H,18,21). The van der Waals surface area contributed by atoms with Crippen molar-refractivity contribution in [2.75, 3.05) is 13.7 Å². The second-order valence-corrected chi connectivity index (χ2v) is 5.36. The Morgan fingerprint density at radius 1 is 1.39 bits per heavy atom. The van der Waals surface area contributed by atoms with E-state index in [9.17, 15) is 9.18 Å². The lowest BCUT2D eigenvalue weighted by atomic mass is 10.1. The molecule has 1 N–H and O–H groups in total. The first-order valence-electron chi connectivity index (χ1n) is 7.21. The zero-order valence-electron chi connectivity index (χ0n) is 12.6. The van der Waals surface area contributed by atoms with Gasteiger partial charge in [-0.3, -0.25) is 4.98 Å². The highest BCUT2D eigenvalue weighted by Gasteiger charge is 2.48. The lowest BCUT2D eigenvalue weighted by Crippen LogP contribution is -2.31. The third-order valence-corrected chi connectivity index (χ3v) is 3.63. The van der Waals surface area contributed by atoms with Gasteiger partial charge in [0.25, 0.3) is 0 Å². The van der Waals surface area contributed by atoms with E-state index in [4.69, 9.17) is 9.47 Å². The SMILES string of the molecule is CNC(=O)OC1(COc2cnc(F)c(-c3ccncc3)c2)CC1. The van der Waals surface area contributed by atoms with Crippen LogP contribution in [0.5, 0.6) is 5.75 Å². The molecule has 2 aromatic rings. The highest BCUT2D eigenvalue weighted by Crippen LogP contribution is 2.40. The summed E-state index contributed by atoms with van der Waals surface area (Å²) in [5.41, 5.74) is 0.408. The van der Waals surface area contributed by atoms with Gasteiger partial charge in [0.05, 0.1) is 6.20 Å². The van der Waals surface area contributed by atoms with Gasteiger partial charge in [-0.15, -0.1) is 0 Å². The Morgan fingerprint density at radius 3 is 2.78 bits per heavy atom. The van der Waals surface area contributed by atoms with Crippen LogP contribution >= 0.6 is 0 Å². The number of amides is 1. The Labute approximate surface area is 132 Å². The molecule has 1 amide bonds. The van der Waals surface area contributed by atoms with Gasteiger partial charge in [0.2, 0.25) is 5.95 Å². The van der Waals surface area contributed by atoms with Gasteiger partial charge in [-0.2, -0.15) is 4.39 Å². The predicted molar refractivity (Wildman–Crippen MR) is 80.4 cm³/mol. The fraction of sp³-hybridized carbons (Fsp3) is 0.312. The molecule has 0 radical (unpaired) electrons. The molecule has 1 aliphatic carbocycles. The maximum absolute atomic E-state index is 13.9. The van der Waals surface area contributed by atoms with Gasteiger partial charge < -0.3 is 14.8 Å². The summed E-state index contributed by atoms with van der Waals surface area (Å²) in [4.78, 5) is 18.9. The van der Waals surface area contributed by atoms with Crippen molar-refractivity contribution in [1.29, 1.82) is 0 Å². The third-order valence-electron chi connectivity index (χ3n) is 3.63. The van der Waals surface area contributed by atoms with Crippen molar-refractivity contribution in [3.05, 3.63) is 42.7 Å². The molecule has 0 saturated heterocycles. The molecule has 0 unspecified atom stereocenters. The number of nitrogens with one attached hydrogen (secondary N) is 1. The topological polar surface area (TPSA) is 73.3 Å². The molecule has 1 aliphatic rings. The molecule has 1 fully saturated rings. The number of pyridine rings is 2. The number of rotatable bonds is 5. The van der Waals surface area contributed by atoms with Crippen molar-refractivity contribution >= 4 is 6.09 Å². The Morgan fingerprint density at radius 2 is 2.13 bits per heavy atom. The van der Waals surface area contributed by atoms with Crippen LogP contribution in [0.25, 0.3) is 11.1 Å². The fourth-order valence-electron chi connectivity index (χ4n) is 2.12. The molecule has 23 heavy (non-hydrogen) atoms. The van der Waals surface area contributed by atoms with Crippen molar-refractivity contribution in [2.24, 2.45) is 0 Å². The zero-order chi connectivity index (χ0) is 16.3. The molecule has 0 aromatic carbocycles. The summed E-state index contributed by atoms with van der Waals surface area (Å²) in [5.74, 6) is -0.156. The van der Waals surface area contributed by atoms with Crippen LogP contribution in [0.2, 0.25) is 0 Å². The van der Waals surface area contributed by atoms with Gasteiger partial charge in [0, 0.05) is 25.0 Å². The van der Waals surface area contributed by atoms with Crippen LogP contribution in [0.4, 0.5) is 9.18 Å². The summed E-state index contributed by atoms with van der Waals surface area (Å²) < 4.78 is 24.8. The zero-order valence-corrected chi connectivity index (χ0v) is 12.6. The fourth-order valence-corrected chi connectivity index (χ4v) is 2.12. The van der Waals surface area contributed by atoms with Crippen LogP contribution in [-0.2, 0) is 4.74 Å². The van der Waals surface area contributed by atoms with Crippen LogP contribution in [-0.4, -0.2) is 35.3 Å². The van der Waals surface area contributed by atoms with Gasteiger partial charge in [-0.25, -0.2) is 9.78 Å². The summed E-state index contributed by atoms with van der Waals surface area (Å²) in [6.07, 6.45) is 5.48. The van der Waals surface area contributed by atoms with Crippen molar-refractivity contribution < 1.29 is 18.7 Å². The van der Waals surface area contributed by atoms with E-state index in [0.717, 1.165) is 12.8 Å². The van der Waals surface area contributed by atoms with Crippen molar-refractivity contribution in [1.82, 2.24) is 15.3 Å². The molecule has 3 rings (SSSR count). The number of nitrogens with zero attached hydrogens (tertiary/aromatic N) is 2. The normalized spacial score (nSPS) is 14.9. The molecular weight excluding hydrogens is 301 g/mol. The van der Waals surface area contributed by atoms with Gasteiger partial charge in [-0.05, 0) is 36.6 Å². The number of hydrogen-bond acceptors (Lipinski definition) is 5. The number of carbonyl (C=O) groups excluding carboxylic acids is 1. The minimum Gasteiger partial charge on any atom is -0.488 e.